The van der Waals surface area contributed by atoms with E-state index in [2.05, 4.69) is 14.8 Å². The van der Waals surface area contributed by atoms with E-state index in [1.54, 1.807) is 53.6 Å². The van der Waals surface area contributed by atoms with Crippen molar-refractivity contribution in [3.63, 3.8) is 0 Å². The summed E-state index contributed by atoms with van der Waals surface area (Å²) in [5.41, 5.74) is 1.88. The van der Waals surface area contributed by atoms with Crippen molar-refractivity contribution < 1.29 is 8.42 Å². The third-order valence-electron chi connectivity index (χ3n) is 3.58. The topological polar surface area (TPSA) is 76.9 Å². The fourth-order valence-electron chi connectivity index (χ4n) is 2.26. The van der Waals surface area contributed by atoms with Gasteiger partial charge in [0.15, 0.2) is 5.82 Å². The van der Waals surface area contributed by atoms with Crippen LogP contribution < -0.4 is 4.72 Å². The van der Waals surface area contributed by atoms with Crippen molar-refractivity contribution >= 4 is 33.5 Å². The summed E-state index contributed by atoms with van der Waals surface area (Å²) in [4.78, 5) is 3.98. The predicted octanol–water partition coefficient (Wildman–Crippen LogP) is 3.59. The number of benzene rings is 1. The van der Waals surface area contributed by atoms with E-state index in [0.717, 1.165) is 23.0 Å². The van der Waals surface area contributed by atoms with Crippen molar-refractivity contribution in [3.05, 3.63) is 82.6 Å². The summed E-state index contributed by atoms with van der Waals surface area (Å²) in [6, 6.07) is 12.4. The van der Waals surface area contributed by atoms with Crippen LogP contribution in [0.2, 0.25) is 5.02 Å². The van der Waals surface area contributed by atoms with E-state index < -0.39 is 10.0 Å². The first-order chi connectivity index (χ1) is 12.5. The first-order valence-corrected chi connectivity index (χ1v) is 9.81. The summed E-state index contributed by atoms with van der Waals surface area (Å²) in [6.07, 6.45) is 7.50. The number of nitrogens with zero attached hydrogens (tertiary/aromatic N) is 3. The van der Waals surface area contributed by atoms with Crippen LogP contribution in [0, 0.1) is 0 Å². The van der Waals surface area contributed by atoms with E-state index in [4.69, 9.17) is 11.6 Å². The minimum Gasteiger partial charge on any atom is -0.270 e. The number of hydrogen-bond donors (Lipinski definition) is 1. The Balaban J connectivity index is 1.59. The van der Waals surface area contributed by atoms with Gasteiger partial charge in [0.2, 0.25) is 0 Å². The van der Waals surface area contributed by atoms with Gasteiger partial charge in [0.25, 0.3) is 10.0 Å². The molecule has 3 aromatic rings. The summed E-state index contributed by atoms with van der Waals surface area (Å²) in [7, 11) is -3.64. The largest absolute Gasteiger partial charge is 0.270 e. The van der Waals surface area contributed by atoms with E-state index in [9.17, 15) is 8.42 Å². The molecule has 0 unspecified atom stereocenters. The normalized spacial score (nSPS) is 11.7. The molecule has 0 amide bonds. The van der Waals surface area contributed by atoms with Gasteiger partial charge in [-0.3, -0.25) is 14.4 Å². The Bertz CT molecular complexity index is 984. The molecule has 134 valence electrons. The number of aromatic nitrogens is 3. The lowest BCUT2D eigenvalue weighted by Crippen LogP contribution is -2.10. The van der Waals surface area contributed by atoms with Gasteiger partial charge in [-0.05, 0) is 47.9 Å². The van der Waals surface area contributed by atoms with Gasteiger partial charge in [-0.15, -0.1) is 0 Å². The highest BCUT2D eigenvalue weighted by atomic mass is 35.5. The van der Waals surface area contributed by atoms with Gasteiger partial charge >= 0.3 is 0 Å². The summed E-state index contributed by atoms with van der Waals surface area (Å²) >= 11 is 5.81. The highest BCUT2D eigenvalue weighted by Crippen LogP contribution is 2.12. The summed E-state index contributed by atoms with van der Waals surface area (Å²) in [5, 5.41) is 5.94. The maximum Gasteiger partial charge on any atom is 0.256 e. The van der Waals surface area contributed by atoms with Gasteiger partial charge < -0.3 is 0 Å². The lowest BCUT2D eigenvalue weighted by atomic mass is 10.2. The van der Waals surface area contributed by atoms with Crippen molar-refractivity contribution in [1.29, 1.82) is 0 Å². The SMILES string of the molecule is O=S(=O)(C=Cc1ccc(Cl)cc1)Nc1ccn(CCc2ccncc2)n1. The summed E-state index contributed by atoms with van der Waals surface area (Å²) in [5.74, 6) is 0.278. The van der Waals surface area contributed by atoms with Crippen LogP contribution in [0.5, 0.6) is 0 Å². The van der Waals surface area contributed by atoms with Gasteiger partial charge in [0.1, 0.15) is 0 Å². The molecule has 0 saturated carbocycles. The number of nitrogens with one attached hydrogen (secondary N) is 1. The molecule has 0 saturated heterocycles. The first kappa shape index (κ1) is 18.2. The zero-order chi connectivity index (χ0) is 18.4. The fraction of sp³-hybridized carbons (Fsp3) is 0.111. The number of halogens is 1. The molecule has 26 heavy (non-hydrogen) atoms. The molecule has 0 fully saturated rings. The third kappa shape index (κ3) is 5.44. The van der Waals surface area contributed by atoms with Gasteiger partial charge in [-0.25, -0.2) is 8.42 Å². The Labute approximate surface area is 157 Å². The molecule has 6 nitrogen and oxygen atoms in total. The first-order valence-electron chi connectivity index (χ1n) is 7.89. The van der Waals surface area contributed by atoms with Crippen LogP contribution in [0.4, 0.5) is 5.82 Å². The van der Waals surface area contributed by atoms with Gasteiger partial charge in [0.05, 0.1) is 5.41 Å². The van der Waals surface area contributed by atoms with Gasteiger partial charge in [0, 0.05) is 36.2 Å². The monoisotopic (exact) mass is 388 g/mol. The zero-order valence-electron chi connectivity index (χ0n) is 13.8. The second-order valence-electron chi connectivity index (χ2n) is 5.57. The van der Waals surface area contributed by atoms with Crippen LogP contribution in [0.15, 0.2) is 66.5 Å². The molecule has 8 heteroatoms. The highest BCUT2D eigenvalue weighted by molar-refractivity contribution is 7.95. The molecule has 0 spiro atoms. The number of aryl methyl sites for hydroxylation is 2. The van der Waals surface area contributed by atoms with Gasteiger partial charge in [-0.1, -0.05) is 23.7 Å². The highest BCUT2D eigenvalue weighted by Gasteiger charge is 2.08. The average molecular weight is 389 g/mol. The van der Waals surface area contributed by atoms with Crippen molar-refractivity contribution in [2.75, 3.05) is 4.72 Å². The summed E-state index contributed by atoms with van der Waals surface area (Å²) < 4.78 is 28.4. The van der Waals surface area contributed by atoms with E-state index in [-0.39, 0.29) is 5.82 Å². The Hall–Kier alpha value is -2.64. The molecule has 2 aromatic heterocycles. The molecule has 0 atom stereocenters. The second-order valence-corrected chi connectivity index (χ2v) is 7.57. The number of hydrogen-bond acceptors (Lipinski definition) is 4. The third-order valence-corrected chi connectivity index (χ3v) is 4.82. The van der Waals surface area contributed by atoms with Crippen LogP contribution in [0.25, 0.3) is 6.08 Å². The maximum atomic E-state index is 12.1. The van der Waals surface area contributed by atoms with Crippen LogP contribution in [-0.2, 0) is 23.0 Å². The van der Waals surface area contributed by atoms with E-state index in [1.165, 1.54) is 6.08 Å². The lowest BCUT2D eigenvalue weighted by Gasteiger charge is -2.03. The maximum absolute atomic E-state index is 12.1. The van der Waals surface area contributed by atoms with Gasteiger partial charge in [-0.2, -0.15) is 5.10 Å². The second kappa shape index (κ2) is 8.16. The molecule has 0 aliphatic carbocycles. The standard InChI is InChI=1S/C18H17ClN4O2S/c19-17-3-1-15(2-4-17)9-14-26(24,25)22-18-8-13-23(21-18)12-7-16-5-10-20-11-6-16/h1-6,8-11,13-14H,7,12H2,(H,21,22). The lowest BCUT2D eigenvalue weighted by molar-refractivity contribution is 0.606. The predicted molar refractivity (Wildman–Crippen MR) is 103 cm³/mol. The molecule has 0 bridgehead atoms. The van der Waals surface area contributed by atoms with E-state index in [0.29, 0.717) is 11.6 Å². The van der Waals surface area contributed by atoms with Crippen LogP contribution in [0.3, 0.4) is 0 Å². The Morgan fingerprint density at radius 3 is 2.54 bits per heavy atom. The van der Waals surface area contributed by atoms with Crippen molar-refractivity contribution in [2.24, 2.45) is 0 Å². The minimum absolute atomic E-state index is 0.278. The zero-order valence-corrected chi connectivity index (χ0v) is 15.4. The van der Waals surface area contributed by atoms with Crippen LogP contribution in [-0.4, -0.2) is 23.2 Å². The number of anilines is 1. The molecule has 1 N–H and O–H groups in total. The minimum atomic E-state index is -3.64. The Morgan fingerprint density at radius 2 is 1.81 bits per heavy atom. The molecule has 3 rings (SSSR count). The molecule has 0 radical (unpaired) electrons. The molecule has 0 aliphatic heterocycles. The smallest absolute Gasteiger partial charge is 0.256 e. The number of rotatable bonds is 7. The fourth-order valence-corrected chi connectivity index (χ4v) is 3.19. The quantitative estimate of drug-likeness (QED) is 0.671. The Kier molecular flexibility index (Phi) is 5.70. The molecular weight excluding hydrogens is 372 g/mol. The van der Waals surface area contributed by atoms with Crippen molar-refractivity contribution in [2.45, 2.75) is 13.0 Å². The molecule has 2 heterocycles. The molecule has 1 aromatic carbocycles. The molecular formula is C18H17ClN4O2S. The van der Waals surface area contributed by atoms with Crippen LogP contribution >= 0.6 is 11.6 Å². The van der Waals surface area contributed by atoms with E-state index >= 15 is 0 Å². The van der Waals surface area contributed by atoms with E-state index in [1.807, 2.05) is 12.1 Å². The van der Waals surface area contributed by atoms with Crippen molar-refractivity contribution in [1.82, 2.24) is 14.8 Å². The summed E-state index contributed by atoms with van der Waals surface area (Å²) in [6.45, 7) is 0.645. The Morgan fingerprint density at radius 1 is 1.08 bits per heavy atom. The molecule has 0 aliphatic rings. The van der Waals surface area contributed by atoms with Crippen molar-refractivity contribution in [3.8, 4) is 0 Å². The average Bonchev–Trinajstić information content (AvgIpc) is 3.07. The van der Waals surface area contributed by atoms with Crippen LogP contribution in [0.1, 0.15) is 11.1 Å². The number of sulfonamides is 1. The number of pyridine rings is 1.